The van der Waals surface area contributed by atoms with Crippen LogP contribution in [0.15, 0.2) is 35.8 Å². The first kappa shape index (κ1) is 11.4. The van der Waals surface area contributed by atoms with Crippen molar-refractivity contribution >= 4 is 16.3 Å². The van der Waals surface area contributed by atoms with Crippen LogP contribution in [-0.4, -0.2) is 16.4 Å². The molecule has 0 fully saturated rings. The van der Waals surface area contributed by atoms with E-state index < -0.39 is 0 Å². The Morgan fingerprint density at radius 2 is 2.11 bits per heavy atom. The van der Waals surface area contributed by atoms with E-state index in [9.17, 15) is 4.39 Å². The fraction of sp³-hybridized carbons (Fsp3) is 0.154. The Bertz CT molecular complexity index is 669. The van der Waals surface area contributed by atoms with E-state index in [0.717, 1.165) is 28.5 Å². The molecule has 1 aromatic carbocycles. The molecule has 3 nitrogen and oxygen atoms in total. The van der Waals surface area contributed by atoms with Crippen LogP contribution in [0.3, 0.4) is 0 Å². The lowest BCUT2D eigenvalue weighted by molar-refractivity contribution is 0.628. The van der Waals surface area contributed by atoms with Crippen LogP contribution in [-0.2, 0) is 6.54 Å². The Morgan fingerprint density at radius 3 is 2.83 bits per heavy atom. The molecule has 0 bridgehead atoms. The molecule has 0 radical (unpaired) electrons. The molecule has 0 amide bonds. The molecule has 0 aliphatic heterocycles. The van der Waals surface area contributed by atoms with E-state index >= 15 is 0 Å². The van der Waals surface area contributed by atoms with Crippen molar-refractivity contribution in [2.24, 2.45) is 0 Å². The van der Waals surface area contributed by atoms with Gasteiger partial charge in [0.15, 0.2) is 4.96 Å². The Hall–Kier alpha value is -1.72. The average molecular weight is 261 g/mol. The highest BCUT2D eigenvalue weighted by Crippen LogP contribution is 2.26. The first-order chi connectivity index (χ1) is 8.79. The number of rotatable bonds is 3. The highest BCUT2D eigenvalue weighted by Gasteiger charge is 2.13. The molecule has 18 heavy (non-hydrogen) atoms. The highest BCUT2D eigenvalue weighted by atomic mass is 32.1. The molecule has 2 aromatic heterocycles. The van der Waals surface area contributed by atoms with Gasteiger partial charge >= 0.3 is 0 Å². The van der Waals surface area contributed by atoms with Gasteiger partial charge in [-0.25, -0.2) is 9.37 Å². The summed E-state index contributed by atoms with van der Waals surface area (Å²) in [7, 11) is 1.90. The maximum Gasteiger partial charge on any atom is 0.194 e. The molecule has 2 heterocycles. The van der Waals surface area contributed by atoms with E-state index in [4.69, 9.17) is 0 Å². The van der Waals surface area contributed by atoms with E-state index in [1.54, 1.807) is 23.5 Å². The lowest BCUT2D eigenvalue weighted by Crippen LogP contribution is -2.08. The van der Waals surface area contributed by atoms with Crippen LogP contribution < -0.4 is 5.32 Å². The molecule has 0 spiro atoms. The fourth-order valence-electron chi connectivity index (χ4n) is 2.01. The number of halogens is 1. The first-order valence-electron chi connectivity index (χ1n) is 5.64. The lowest BCUT2D eigenvalue weighted by atomic mass is 10.1. The smallest absolute Gasteiger partial charge is 0.194 e. The largest absolute Gasteiger partial charge is 0.314 e. The van der Waals surface area contributed by atoms with Crippen LogP contribution in [0, 0.1) is 5.82 Å². The Balaban J connectivity index is 2.17. The Morgan fingerprint density at radius 1 is 1.33 bits per heavy atom. The van der Waals surface area contributed by atoms with Gasteiger partial charge in [-0.2, -0.15) is 0 Å². The van der Waals surface area contributed by atoms with E-state index in [1.807, 2.05) is 18.6 Å². The maximum absolute atomic E-state index is 13.0. The Kier molecular flexibility index (Phi) is 2.85. The van der Waals surface area contributed by atoms with E-state index in [1.165, 1.54) is 12.1 Å². The Labute approximate surface area is 108 Å². The summed E-state index contributed by atoms with van der Waals surface area (Å²) in [6.45, 7) is 0.727. The second-order valence-corrected chi connectivity index (χ2v) is 4.87. The summed E-state index contributed by atoms with van der Waals surface area (Å²) in [6.07, 6.45) is 2.01. The van der Waals surface area contributed by atoms with Gasteiger partial charge in [-0.3, -0.25) is 4.40 Å². The van der Waals surface area contributed by atoms with Gasteiger partial charge in [0.1, 0.15) is 5.82 Å². The quantitative estimate of drug-likeness (QED) is 0.785. The molecule has 92 valence electrons. The van der Waals surface area contributed by atoms with Crippen molar-refractivity contribution in [3.05, 3.63) is 47.4 Å². The monoisotopic (exact) mass is 261 g/mol. The van der Waals surface area contributed by atoms with Gasteiger partial charge in [0.2, 0.25) is 0 Å². The normalized spacial score (nSPS) is 11.2. The van der Waals surface area contributed by atoms with Crippen LogP contribution in [0.5, 0.6) is 0 Å². The van der Waals surface area contributed by atoms with Crippen LogP contribution in [0.2, 0.25) is 0 Å². The van der Waals surface area contributed by atoms with Gasteiger partial charge in [0, 0.05) is 23.7 Å². The summed E-state index contributed by atoms with van der Waals surface area (Å²) in [5.41, 5.74) is 2.95. The average Bonchev–Trinajstić information content (AvgIpc) is 2.93. The maximum atomic E-state index is 13.0. The molecule has 3 aromatic rings. The zero-order valence-corrected chi connectivity index (χ0v) is 10.7. The number of nitrogens with one attached hydrogen (secondary N) is 1. The summed E-state index contributed by atoms with van der Waals surface area (Å²) in [4.78, 5) is 5.57. The van der Waals surface area contributed by atoms with E-state index in [2.05, 4.69) is 14.7 Å². The molecule has 1 N–H and O–H groups in total. The van der Waals surface area contributed by atoms with Gasteiger partial charge < -0.3 is 5.32 Å². The topological polar surface area (TPSA) is 29.3 Å². The fourth-order valence-corrected chi connectivity index (χ4v) is 2.74. The SMILES string of the molecule is CNCc1c(-c2ccc(F)cc2)nc2sccn12. The van der Waals surface area contributed by atoms with Crippen molar-refractivity contribution in [1.29, 1.82) is 0 Å². The number of nitrogens with zero attached hydrogens (tertiary/aromatic N) is 2. The molecule has 5 heteroatoms. The lowest BCUT2D eigenvalue weighted by Gasteiger charge is -2.03. The van der Waals surface area contributed by atoms with E-state index in [-0.39, 0.29) is 5.82 Å². The molecular formula is C13H12FN3S. The minimum atomic E-state index is -0.227. The summed E-state index contributed by atoms with van der Waals surface area (Å²) in [5, 5.41) is 5.15. The van der Waals surface area contributed by atoms with Crippen LogP contribution in [0.25, 0.3) is 16.2 Å². The summed E-state index contributed by atoms with van der Waals surface area (Å²) in [5.74, 6) is -0.227. The first-order valence-corrected chi connectivity index (χ1v) is 6.52. The highest BCUT2D eigenvalue weighted by molar-refractivity contribution is 7.15. The number of hydrogen-bond acceptors (Lipinski definition) is 3. The van der Waals surface area contributed by atoms with E-state index in [0.29, 0.717) is 0 Å². The molecule has 0 saturated heterocycles. The van der Waals surface area contributed by atoms with Gasteiger partial charge in [-0.15, -0.1) is 11.3 Å². The van der Waals surface area contributed by atoms with Gasteiger partial charge in [0.05, 0.1) is 11.4 Å². The predicted molar refractivity (Wildman–Crippen MR) is 71.2 cm³/mol. The van der Waals surface area contributed by atoms with Crippen molar-refractivity contribution in [3.63, 3.8) is 0 Å². The molecule has 0 unspecified atom stereocenters. The van der Waals surface area contributed by atoms with Gasteiger partial charge in [-0.1, -0.05) is 0 Å². The molecular weight excluding hydrogens is 249 g/mol. The zero-order chi connectivity index (χ0) is 12.5. The number of thiazole rings is 1. The number of fused-ring (bicyclic) bond motifs is 1. The second-order valence-electron chi connectivity index (χ2n) is 4.00. The van der Waals surface area contributed by atoms with Gasteiger partial charge in [0.25, 0.3) is 0 Å². The minimum Gasteiger partial charge on any atom is -0.314 e. The van der Waals surface area contributed by atoms with Crippen molar-refractivity contribution in [1.82, 2.24) is 14.7 Å². The summed E-state index contributed by atoms with van der Waals surface area (Å²) < 4.78 is 15.0. The zero-order valence-electron chi connectivity index (χ0n) is 9.85. The third kappa shape index (κ3) is 1.81. The summed E-state index contributed by atoms with van der Waals surface area (Å²) in [6, 6.07) is 6.46. The molecule has 0 saturated carbocycles. The van der Waals surface area contributed by atoms with Crippen LogP contribution in [0.4, 0.5) is 4.39 Å². The third-order valence-corrected chi connectivity index (χ3v) is 3.58. The summed E-state index contributed by atoms with van der Waals surface area (Å²) >= 11 is 1.60. The predicted octanol–water partition coefficient (Wildman–Crippen LogP) is 2.92. The minimum absolute atomic E-state index is 0.227. The number of aromatic nitrogens is 2. The van der Waals surface area contributed by atoms with Crippen molar-refractivity contribution in [2.75, 3.05) is 7.05 Å². The molecule has 0 aliphatic carbocycles. The van der Waals surface area contributed by atoms with Gasteiger partial charge in [-0.05, 0) is 31.3 Å². The standard InChI is InChI=1S/C13H12FN3S/c1-15-8-11-12(9-2-4-10(14)5-3-9)16-13-17(11)6-7-18-13/h2-7,15H,8H2,1H3. The third-order valence-electron chi connectivity index (χ3n) is 2.82. The number of benzene rings is 1. The molecule has 3 rings (SSSR count). The number of imidazole rings is 1. The van der Waals surface area contributed by atoms with Crippen LogP contribution in [0.1, 0.15) is 5.69 Å². The number of hydrogen-bond donors (Lipinski definition) is 1. The molecule has 0 atom stereocenters. The van der Waals surface area contributed by atoms with Crippen LogP contribution >= 0.6 is 11.3 Å². The molecule has 0 aliphatic rings. The van der Waals surface area contributed by atoms with Crippen molar-refractivity contribution < 1.29 is 4.39 Å². The second kappa shape index (κ2) is 4.51. The van der Waals surface area contributed by atoms with Crippen molar-refractivity contribution in [3.8, 4) is 11.3 Å². The van der Waals surface area contributed by atoms with Crippen molar-refractivity contribution in [2.45, 2.75) is 6.54 Å².